The van der Waals surface area contributed by atoms with E-state index < -0.39 is 12.7 Å². The number of hydrogen-bond donors (Lipinski definition) is 1. The van der Waals surface area contributed by atoms with Crippen molar-refractivity contribution in [1.82, 2.24) is 19.9 Å². The van der Waals surface area contributed by atoms with Crippen molar-refractivity contribution in [1.29, 1.82) is 0 Å². The van der Waals surface area contributed by atoms with Gasteiger partial charge >= 0.3 is 6.18 Å². The molecular weight excluding hydrogens is 325 g/mol. The molecule has 0 aliphatic carbocycles. The van der Waals surface area contributed by atoms with Gasteiger partial charge in [-0.2, -0.15) is 13.2 Å². The SMILES string of the molecule is CCN(Cc1nc2ncc(Br)cc2[nH]1)CC(F)(F)F. The van der Waals surface area contributed by atoms with Gasteiger partial charge in [-0.3, -0.25) is 4.90 Å². The summed E-state index contributed by atoms with van der Waals surface area (Å²) in [5.74, 6) is 0.478. The minimum atomic E-state index is -4.21. The number of nitrogens with one attached hydrogen (secondary N) is 1. The third-order valence-electron chi connectivity index (χ3n) is 2.58. The third kappa shape index (κ3) is 3.90. The van der Waals surface area contributed by atoms with Crippen LogP contribution >= 0.6 is 15.9 Å². The Labute approximate surface area is 116 Å². The van der Waals surface area contributed by atoms with Crippen molar-refractivity contribution in [3.05, 3.63) is 22.6 Å². The molecule has 2 rings (SSSR count). The molecule has 0 saturated heterocycles. The molecule has 19 heavy (non-hydrogen) atoms. The van der Waals surface area contributed by atoms with Gasteiger partial charge in [-0.15, -0.1) is 0 Å². The zero-order chi connectivity index (χ0) is 14.0. The van der Waals surface area contributed by atoms with E-state index in [4.69, 9.17) is 0 Å². The van der Waals surface area contributed by atoms with Gasteiger partial charge in [0, 0.05) is 10.7 Å². The second-order valence-electron chi connectivity index (χ2n) is 4.13. The number of aromatic amines is 1. The van der Waals surface area contributed by atoms with Crippen LogP contribution in [0.1, 0.15) is 12.7 Å². The second-order valence-corrected chi connectivity index (χ2v) is 5.04. The normalized spacial score (nSPS) is 12.5. The molecule has 0 atom stereocenters. The van der Waals surface area contributed by atoms with Crippen LogP contribution in [0.2, 0.25) is 0 Å². The van der Waals surface area contributed by atoms with E-state index in [1.54, 1.807) is 19.2 Å². The highest BCUT2D eigenvalue weighted by Crippen LogP contribution is 2.19. The number of halogens is 4. The summed E-state index contributed by atoms with van der Waals surface area (Å²) in [6.45, 7) is 1.15. The average molecular weight is 337 g/mol. The van der Waals surface area contributed by atoms with Crippen LogP contribution < -0.4 is 0 Å². The van der Waals surface area contributed by atoms with Crippen LogP contribution in [-0.4, -0.2) is 39.1 Å². The largest absolute Gasteiger partial charge is 0.401 e. The summed E-state index contributed by atoms with van der Waals surface area (Å²) in [5, 5.41) is 0. The molecule has 0 aliphatic rings. The molecule has 0 fully saturated rings. The minimum absolute atomic E-state index is 0.115. The van der Waals surface area contributed by atoms with Crippen LogP contribution in [-0.2, 0) is 6.54 Å². The maximum Gasteiger partial charge on any atom is 0.401 e. The minimum Gasteiger partial charge on any atom is -0.339 e. The van der Waals surface area contributed by atoms with Crippen molar-refractivity contribution in [3.63, 3.8) is 0 Å². The lowest BCUT2D eigenvalue weighted by Gasteiger charge is -2.20. The lowest BCUT2D eigenvalue weighted by molar-refractivity contribution is -0.146. The van der Waals surface area contributed by atoms with Crippen molar-refractivity contribution >= 4 is 27.1 Å². The van der Waals surface area contributed by atoms with Gasteiger partial charge in [0.2, 0.25) is 0 Å². The van der Waals surface area contributed by atoms with Crippen molar-refractivity contribution in [2.24, 2.45) is 0 Å². The van der Waals surface area contributed by atoms with Gasteiger partial charge in [-0.25, -0.2) is 9.97 Å². The molecule has 2 aromatic heterocycles. The number of imidazole rings is 1. The Morgan fingerprint density at radius 3 is 2.79 bits per heavy atom. The molecular formula is C11H12BrF3N4. The van der Waals surface area contributed by atoms with Crippen LogP contribution in [0.5, 0.6) is 0 Å². The number of hydrogen-bond acceptors (Lipinski definition) is 3. The summed E-state index contributed by atoms with van der Waals surface area (Å²) in [6.07, 6.45) is -2.61. The van der Waals surface area contributed by atoms with Crippen LogP contribution in [0.15, 0.2) is 16.7 Å². The second kappa shape index (κ2) is 5.46. The Balaban J connectivity index is 2.15. The van der Waals surface area contributed by atoms with Crippen molar-refractivity contribution in [3.8, 4) is 0 Å². The molecule has 0 spiro atoms. The first kappa shape index (κ1) is 14.3. The molecule has 0 bridgehead atoms. The highest BCUT2D eigenvalue weighted by Gasteiger charge is 2.30. The molecule has 8 heteroatoms. The van der Waals surface area contributed by atoms with Gasteiger partial charge < -0.3 is 4.98 Å². The molecule has 0 aromatic carbocycles. The van der Waals surface area contributed by atoms with E-state index in [9.17, 15) is 13.2 Å². The first-order valence-corrected chi connectivity index (χ1v) is 6.46. The Morgan fingerprint density at radius 1 is 1.42 bits per heavy atom. The molecule has 0 radical (unpaired) electrons. The van der Waals surface area contributed by atoms with Crippen molar-refractivity contribution < 1.29 is 13.2 Å². The number of H-pyrrole nitrogens is 1. The van der Waals surface area contributed by atoms with E-state index in [2.05, 4.69) is 30.9 Å². The number of nitrogens with zero attached hydrogens (tertiary/aromatic N) is 3. The molecule has 0 unspecified atom stereocenters. The summed E-state index contributed by atoms with van der Waals surface area (Å²) < 4.78 is 37.9. The molecule has 2 heterocycles. The topological polar surface area (TPSA) is 44.8 Å². The highest BCUT2D eigenvalue weighted by atomic mass is 79.9. The molecule has 1 N–H and O–H groups in total. The first-order valence-electron chi connectivity index (χ1n) is 5.66. The molecule has 0 saturated carbocycles. The molecule has 4 nitrogen and oxygen atoms in total. The van der Waals surface area contributed by atoms with E-state index in [0.29, 0.717) is 23.5 Å². The van der Waals surface area contributed by atoms with Gasteiger partial charge in [0.1, 0.15) is 5.82 Å². The molecule has 104 valence electrons. The van der Waals surface area contributed by atoms with Gasteiger partial charge in [-0.1, -0.05) is 6.92 Å². The van der Waals surface area contributed by atoms with Crippen molar-refractivity contribution in [2.75, 3.05) is 13.1 Å². The highest BCUT2D eigenvalue weighted by molar-refractivity contribution is 9.10. The van der Waals surface area contributed by atoms with Gasteiger partial charge in [0.25, 0.3) is 0 Å². The van der Waals surface area contributed by atoms with Gasteiger partial charge in [-0.05, 0) is 28.5 Å². The predicted molar refractivity (Wildman–Crippen MR) is 68.6 cm³/mol. The fraction of sp³-hybridized carbons (Fsp3) is 0.455. The lowest BCUT2D eigenvalue weighted by Crippen LogP contribution is -2.33. The Hall–Kier alpha value is -1.15. The van der Waals surface area contributed by atoms with Crippen LogP contribution in [0.3, 0.4) is 0 Å². The zero-order valence-corrected chi connectivity index (χ0v) is 11.7. The van der Waals surface area contributed by atoms with Crippen LogP contribution in [0, 0.1) is 0 Å². The smallest absolute Gasteiger partial charge is 0.339 e. The predicted octanol–water partition coefficient (Wildman–Crippen LogP) is 3.10. The Morgan fingerprint density at radius 2 is 2.16 bits per heavy atom. The maximum atomic E-state index is 12.4. The van der Waals surface area contributed by atoms with E-state index in [0.717, 1.165) is 4.47 Å². The fourth-order valence-corrected chi connectivity index (χ4v) is 2.08. The number of rotatable bonds is 4. The van der Waals surface area contributed by atoms with E-state index in [1.165, 1.54) is 4.90 Å². The maximum absolute atomic E-state index is 12.4. The van der Waals surface area contributed by atoms with E-state index >= 15 is 0 Å². The third-order valence-corrected chi connectivity index (χ3v) is 3.01. The average Bonchev–Trinajstić information content (AvgIpc) is 2.67. The molecule has 0 amide bonds. The molecule has 2 aromatic rings. The number of alkyl halides is 3. The van der Waals surface area contributed by atoms with Crippen molar-refractivity contribution in [2.45, 2.75) is 19.6 Å². The number of fused-ring (bicyclic) bond motifs is 1. The summed E-state index contributed by atoms with van der Waals surface area (Å²) in [7, 11) is 0. The summed E-state index contributed by atoms with van der Waals surface area (Å²) in [4.78, 5) is 12.5. The van der Waals surface area contributed by atoms with Crippen LogP contribution in [0.4, 0.5) is 13.2 Å². The first-order chi connectivity index (χ1) is 8.87. The summed E-state index contributed by atoms with van der Waals surface area (Å²) in [6, 6.07) is 1.79. The van der Waals surface area contributed by atoms with E-state index in [-0.39, 0.29) is 6.54 Å². The standard InChI is InChI=1S/C11H12BrF3N4/c1-2-19(6-11(13,14)15)5-9-17-8-3-7(12)4-16-10(8)18-9/h3-4H,2,5-6H2,1H3,(H,16,17,18). The van der Waals surface area contributed by atoms with Gasteiger partial charge in [0.05, 0.1) is 18.6 Å². The fourth-order valence-electron chi connectivity index (χ4n) is 1.74. The number of pyridine rings is 1. The monoisotopic (exact) mass is 336 g/mol. The summed E-state index contributed by atoms with van der Waals surface area (Å²) >= 11 is 3.28. The Bertz CT molecular complexity index is 567. The molecule has 0 aliphatic heterocycles. The van der Waals surface area contributed by atoms with Crippen LogP contribution in [0.25, 0.3) is 11.2 Å². The lowest BCUT2D eigenvalue weighted by atomic mass is 10.4. The number of aromatic nitrogens is 3. The van der Waals surface area contributed by atoms with E-state index in [1.807, 2.05) is 0 Å². The summed E-state index contributed by atoms with van der Waals surface area (Å²) in [5.41, 5.74) is 1.20. The Kier molecular flexibility index (Phi) is 4.10. The van der Waals surface area contributed by atoms with Gasteiger partial charge in [0.15, 0.2) is 5.65 Å². The quantitative estimate of drug-likeness (QED) is 0.933. The zero-order valence-electron chi connectivity index (χ0n) is 10.1.